The van der Waals surface area contributed by atoms with Crippen LogP contribution in [0.4, 0.5) is 11.4 Å². The molecule has 2 amide bonds. The van der Waals surface area contributed by atoms with Crippen molar-refractivity contribution in [2.24, 2.45) is 11.8 Å². The molecular weight excluding hydrogens is 1160 g/mol. The summed E-state index contributed by atoms with van der Waals surface area (Å²) >= 11 is 0. The summed E-state index contributed by atoms with van der Waals surface area (Å²) in [5, 5.41) is 6.06. The minimum absolute atomic E-state index is 0.0523. The molecule has 2 aliphatic heterocycles. The van der Waals surface area contributed by atoms with Crippen LogP contribution in [0.2, 0.25) is 0 Å². The molecule has 10 rings (SSSR count). The fraction of sp³-hybridized carbons (Fsp3) is 0.250. The molecule has 468 valence electrons. The van der Waals surface area contributed by atoms with Crippen molar-refractivity contribution in [1.29, 1.82) is 0 Å². The minimum atomic E-state index is -4.01. The van der Waals surface area contributed by atoms with Gasteiger partial charge in [-0.05, 0) is 151 Å². The molecule has 8 aromatic carbocycles. The van der Waals surface area contributed by atoms with Gasteiger partial charge in [0.05, 0.1) is 53.0 Å². The van der Waals surface area contributed by atoms with Gasteiger partial charge in [0.2, 0.25) is 36.9 Å². The minimum Gasteiger partial charge on any atom is -0.495 e. The van der Waals surface area contributed by atoms with E-state index in [9.17, 15) is 14.2 Å². The smallest absolute Gasteiger partial charge is 0.495 e. The number of hydrogen-bond donors (Lipinski definition) is 2. The lowest BCUT2D eigenvalue weighted by molar-refractivity contribution is -0.120. The molecule has 90 heavy (non-hydrogen) atoms. The molecule has 18 heteroatoms. The maximum Gasteiger partial charge on any atom is 0.530 e. The van der Waals surface area contributed by atoms with Crippen LogP contribution < -0.4 is 57.8 Å². The molecule has 0 spiro atoms. The number of phosphoric ester groups is 1. The van der Waals surface area contributed by atoms with E-state index in [1.54, 1.807) is 40.6 Å². The van der Waals surface area contributed by atoms with Crippen LogP contribution >= 0.6 is 7.82 Å². The van der Waals surface area contributed by atoms with Gasteiger partial charge in [0.25, 0.3) is 0 Å². The number of phosphoric acid groups is 1. The number of hydrogen-bond acceptors (Lipinski definition) is 15. The standard InChI is InChI=1S/C41H40NO9P.C31H35NO6/c1-29(41(43)42-36-23-31(18-21-37(36)45-2)14-15-34-24-38(46-3)40-39(25-34)47-28-48-40)22-30-16-19-35(20-17-30)51-52(44,49-26-32-10-6-4-7-11-32)50-27-33-12-8-5-9-13-33;1-20(15-21-9-12-24(13-10-21)38-31(2,3)4)30(33)32-25-16-22(11-14-26(25)34-5)7-8-23-17-27(35-6)29-28(18-23)36-19-37-29/h4-21,23-25,29H,22,26-28H2,1-3H3,(H,42,43);7-14,16-18,20H,15,19H2,1-6H3,(H,32,33). The fourth-order valence-electron chi connectivity index (χ4n) is 9.54. The summed E-state index contributed by atoms with van der Waals surface area (Å²) in [4.78, 5) is 26.4. The maximum atomic E-state index is 13.8. The number of carbonyl (C=O) groups excluding carboxylic acids is 2. The Morgan fingerprint density at radius 1 is 0.478 bits per heavy atom. The summed E-state index contributed by atoms with van der Waals surface area (Å²) in [6.07, 6.45) is 8.82. The first-order chi connectivity index (χ1) is 43.4. The first-order valence-electron chi connectivity index (χ1n) is 29.3. The van der Waals surface area contributed by atoms with Crippen molar-refractivity contribution >= 4 is 55.3 Å². The van der Waals surface area contributed by atoms with Crippen LogP contribution in [-0.2, 0) is 49.3 Å². The number of ether oxygens (including phenoxy) is 9. The highest BCUT2D eigenvalue weighted by Crippen LogP contribution is 2.51. The van der Waals surface area contributed by atoms with Gasteiger partial charge in [0.15, 0.2) is 23.0 Å². The average Bonchev–Trinajstić information content (AvgIpc) is 2.24. The summed E-state index contributed by atoms with van der Waals surface area (Å²) in [7, 11) is 2.32. The van der Waals surface area contributed by atoms with Crippen LogP contribution in [0.15, 0.2) is 170 Å². The average molecular weight is 1240 g/mol. The Balaban J connectivity index is 0.000000224. The van der Waals surface area contributed by atoms with Crippen molar-refractivity contribution < 1.29 is 70.4 Å². The highest BCUT2D eigenvalue weighted by molar-refractivity contribution is 7.48. The van der Waals surface area contributed by atoms with Crippen LogP contribution in [0.25, 0.3) is 24.3 Å². The van der Waals surface area contributed by atoms with Gasteiger partial charge in [-0.3, -0.25) is 18.6 Å². The van der Waals surface area contributed by atoms with Crippen molar-refractivity contribution in [2.75, 3.05) is 52.7 Å². The van der Waals surface area contributed by atoms with Gasteiger partial charge in [-0.15, -0.1) is 0 Å². The quantitative estimate of drug-likeness (QED) is 0.0406. The van der Waals surface area contributed by atoms with E-state index in [0.29, 0.717) is 76.0 Å². The van der Waals surface area contributed by atoms with Crippen molar-refractivity contribution in [1.82, 2.24) is 0 Å². The second-order valence-electron chi connectivity index (χ2n) is 22.2. The lowest BCUT2D eigenvalue weighted by atomic mass is 10.00. The molecule has 0 saturated heterocycles. The molecule has 0 saturated carbocycles. The molecule has 17 nitrogen and oxygen atoms in total. The molecule has 2 atom stereocenters. The molecule has 0 bridgehead atoms. The second-order valence-corrected chi connectivity index (χ2v) is 23.8. The van der Waals surface area contributed by atoms with Gasteiger partial charge in [0.1, 0.15) is 28.6 Å². The van der Waals surface area contributed by atoms with E-state index in [1.807, 2.05) is 217 Å². The van der Waals surface area contributed by atoms with E-state index in [1.165, 1.54) is 0 Å². The van der Waals surface area contributed by atoms with E-state index < -0.39 is 7.82 Å². The summed E-state index contributed by atoms with van der Waals surface area (Å²) < 4.78 is 80.9. The van der Waals surface area contributed by atoms with E-state index in [-0.39, 0.29) is 56.1 Å². The van der Waals surface area contributed by atoms with Gasteiger partial charge >= 0.3 is 7.82 Å². The second kappa shape index (κ2) is 30.5. The summed E-state index contributed by atoms with van der Waals surface area (Å²) in [5.41, 5.74) is 8.07. The summed E-state index contributed by atoms with van der Waals surface area (Å²) in [6.45, 7) is 10.2. The SMILES string of the molecule is COc1ccc(C=Cc2cc(OC)c3c(c2)OCO3)cc1NC(=O)C(C)Cc1ccc(OC(C)(C)C)cc1.COc1ccc(C=Cc2cc(OC)c3c(c2)OCO3)cc1NC(=O)C(C)Cc1ccc(OP(=O)(OCc2ccccc2)OCc2ccccc2)cc1. The number of fused-ring (bicyclic) bond motifs is 2. The normalized spacial score (nSPS) is 13.0. The van der Waals surface area contributed by atoms with E-state index in [0.717, 1.165) is 50.3 Å². The van der Waals surface area contributed by atoms with Crippen molar-refractivity contribution in [3.63, 3.8) is 0 Å². The Morgan fingerprint density at radius 3 is 1.28 bits per heavy atom. The largest absolute Gasteiger partial charge is 0.530 e. The molecule has 2 aliphatic rings. The van der Waals surface area contributed by atoms with Gasteiger partial charge in [-0.25, -0.2) is 4.57 Å². The number of carbonyl (C=O) groups is 2. The predicted molar refractivity (Wildman–Crippen MR) is 349 cm³/mol. The number of nitrogens with one attached hydrogen (secondary N) is 2. The number of rotatable bonds is 25. The molecule has 2 N–H and O–H groups in total. The van der Waals surface area contributed by atoms with Crippen molar-refractivity contribution in [3.8, 4) is 57.5 Å². The highest BCUT2D eigenvalue weighted by atomic mass is 31.2. The Kier molecular flexibility index (Phi) is 22.0. The maximum absolute atomic E-state index is 13.8. The van der Waals surface area contributed by atoms with Gasteiger partial charge in [0, 0.05) is 11.8 Å². The monoisotopic (exact) mass is 1240 g/mol. The molecule has 0 fully saturated rings. The first kappa shape index (κ1) is 64.8. The third-order valence-corrected chi connectivity index (χ3v) is 15.5. The molecular formula is C72H75N2O15P. The lowest BCUT2D eigenvalue weighted by Crippen LogP contribution is -2.23. The molecule has 2 heterocycles. The molecule has 0 radical (unpaired) electrons. The zero-order valence-electron chi connectivity index (χ0n) is 51.9. The lowest BCUT2D eigenvalue weighted by Gasteiger charge is -2.21. The Hall–Kier alpha value is -9.67. The number of anilines is 2. The Labute approximate surface area is 526 Å². The molecule has 0 aliphatic carbocycles. The summed E-state index contributed by atoms with van der Waals surface area (Å²) in [6, 6.07) is 52.5. The zero-order valence-corrected chi connectivity index (χ0v) is 52.8. The predicted octanol–water partition coefficient (Wildman–Crippen LogP) is 15.9. The van der Waals surface area contributed by atoms with E-state index >= 15 is 0 Å². The molecule has 8 aromatic rings. The van der Waals surface area contributed by atoms with Crippen LogP contribution in [0.3, 0.4) is 0 Å². The zero-order chi connectivity index (χ0) is 63.6. The van der Waals surface area contributed by atoms with Crippen LogP contribution in [0.1, 0.15) is 79.1 Å². The van der Waals surface area contributed by atoms with E-state index in [4.69, 9.17) is 56.2 Å². The summed E-state index contributed by atoms with van der Waals surface area (Å²) in [5.74, 6) is 5.07. The van der Waals surface area contributed by atoms with Gasteiger partial charge in [-0.1, -0.05) is 135 Å². The number of benzene rings is 8. The fourth-order valence-corrected chi connectivity index (χ4v) is 10.7. The van der Waals surface area contributed by atoms with Crippen LogP contribution in [0, 0.1) is 11.8 Å². The van der Waals surface area contributed by atoms with Crippen molar-refractivity contribution in [2.45, 2.75) is 66.3 Å². The molecule has 0 aromatic heterocycles. The van der Waals surface area contributed by atoms with Crippen LogP contribution in [-0.4, -0.2) is 59.4 Å². The molecule has 2 unspecified atom stereocenters. The third kappa shape index (κ3) is 18.2. The van der Waals surface area contributed by atoms with Crippen molar-refractivity contribution in [3.05, 3.63) is 214 Å². The third-order valence-electron chi connectivity index (χ3n) is 14.2. The number of methoxy groups -OCH3 is 4. The first-order valence-corrected chi connectivity index (χ1v) is 30.7. The number of amides is 2. The van der Waals surface area contributed by atoms with Crippen LogP contribution in [0.5, 0.6) is 57.5 Å². The van der Waals surface area contributed by atoms with Gasteiger partial charge in [-0.2, -0.15) is 0 Å². The highest BCUT2D eigenvalue weighted by Gasteiger charge is 2.30. The Bertz CT molecular complexity index is 3780. The van der Waals surface area contributed by atoms with E-state index in [2.05, 4.69) is 10.6 Å². The Morgan fingerprint density at radius 2 is 0.878 bits per heavy atom. The topological polar surface area (TPSA) is 186 Å². The van der Waals surface area contributed by atoms with Gasteiger partial charge < -0.3 is 57.8 Å².